The molecule has 2 aromatic rings. The van der Waals surface area contributed by atoms with Crippen molar-refractivity contribution in [2.24, 2.45) is 5.92 Å². The number of fused-ring (bicyclic) bond motifs is 1. The van der Waals surface area contributed by atoms with E-state index in [1.54, 1.807) is 4.57 Å². The van der Waals surface area contributed by atoms with E-state index in [0.717, 1.165) is 16.9 Å². The van der Waals surface area contributed by atoms with E-state index in [2.05, 4.69) is 10.3 Å². The fraction of sp³-hybridized carbons (Fsp3) is 0.438. The first-order chi connectivity index (χ1) is 10.4. The smallest absolute Gasteiger partial charge is 0.326 e. The first-order valence-electron chi connectivity index (χ1n) is 7.32. The molecule has 2 N–H and O–H groups in total. The lowest BCUT2D eigenvalue weighted by Gasteiger charge is -2.17. The van der Waals surface area contributed by atoms with Crippen molar-refractivity contribution in [3.63, 3.8) is 0 Å². The third-order valence-corrected chi connectivity index (χ3v) is 3.49. The lowest BCUT2D eigenvalue weighted by Crippen LogP contribution is -2.43. The van der Waals surface area contributed by atoms with Crippen LogP contribution in [-0.4, -0.2) is 32.6 Å². The number of aliphatic carboxylic acids is 1. The lowest BCUT2D eigenvalue weighted by atomic mass is 10.0. The Hall–Kier alpha value is -2.37. The molecule has 1 amide bonds. The van der Waals surface area contributed by atoms with Crippen LogP contribution >= 0.6 is 0 Å². The molecule has 2 rings (SSSR count). The van der Waals surface area contributed by atoms with Crippen molar-refractivity contribution in [1.82, 2.24) is 14.9 Å². The zero-order chi connectivity index (χ0) is 16.3. The number of hydrogen-bond donors (Lipinski definition) is 2. The molecule has 6 heteroatoms. The highest BCUT2D eigenvalue weighted by molar-refractivity contribution is 5.85. The standard InChI is InChI=1S/C16H21N3O3/c1-10(2)8-13(16(21)22)18-15(20)9-19-11(3)17-12-6-4-5-7-14(12)19/h4-7,10,13H,8-9H2,1-3H3,(H,18,20)(H,21,22)/t13-/m1/s1. The molecule has 1 atom stereocenters. The number of carbonyl (C=O) groups is 2. The van der Waals surface area contributed by atoms with Gasteiger partial charge in [0.1, 0.15) is 18.4 Å². The molecule has 0 saturated heterocycles. The topological polar surface area (TPSA) is 84.2 Å². The molecule has 0 bridgehead atoms. The summed E-state index contributed by atoms with van der Waals surface area (Å²) in [4.78, 5) is 27.8. The van der Waals surface area contributed by atoms with Crippen molar-refractivity contribution in [2.45, 2.75) is 39.8 Å². The number of carbonyl (C=O) groups excluding carboxylic acids is 1. The van der Waals surface area contributed by atoms with Crippen LogP contribution in [0.1, 0.15) is 26.1 Å². The van der Waals surface area contributed by atoms with Crippen molar-refractivity contribution in [3.8, 4) is 0 Å². The summed E-state index contributed by atoms with van der Waals surface area (Å²) in [6.07, 6.45) is 0.407. The third kappa shape index (κ3) is 3.63. The summed E-state index contributed by atoms with van der Waals surface area (Å²) in [6, 6.07) is 6.70. The molecular weight excluding hydrogens is 282 g/mol. The number of carboxylic acid groups (broad SMARTS) is 1. The molecule has 0 spiro atoms. The predicted octanol–water partition coefficient (Wildman–Crippen LogP) is 1.96. The Labute approximate surface area is 129 Å². The van der Waals surface area contributed by atoms with Gasteiger partial charge in [0.25, 0.3) is 0 Å². The predicted molar refractivity (Wildman–Crippen MR) is 83.5 cm³/mol. The quantitative estimate of drug-likeness (QED) is 0.854. The minimum absolute atomic E-state index is 0.0637. The number of imidazole rings is 1. The number of aromatic nitrogens is 2. The highest BCUT2D eigenvalue weighted by Gasteiger charge is 2.21. The summed E-state index contributed by atoms with van der Waals surface area (Å²) in [6.45, 7) is 5.75. The minimum atomic E-state index is -1.01. The molecule has 1 aromatic carbocycles. The van der Waals surface area contributed by atoms with Gasteiger partial charge < -0.3 is 15.0 Å². The Bertz CT molecular complexity index is 691. The molecule has 0 aliphatic heterocycles. The van der Waals surface area contributed by atoms with Crippen LogP contribution in [0.4, 0.5) is 0 Å². The maximum Gasteiger partial charge on any atom is 0.326 e. The van der Waals surface area contributed by atoms with Crippen LogP contribution < -0.4 is 5.32 Å². The van der Waals surface area contributed by atoms with Crippen molar-refractivity contribution < 1.29 is 14.7 Å². The Kier molecular flexibility index (Phi) is 4.80. The van der Waals surface area contributed by atoms with E-state index < -0.39 is 12.0 Å². The van der Waals surface area contributed by atoms with Gasteiger partial charge in [0.05, 0.1) is 11.0 Å². The van der Waals surface area contributed by atoms with Gasteiger partial charge in [-0.2, -0.15) is 0 Å². The number of hydrogen-bond acceptors (Lipinski definition) is 3. The summed E-state index contributed by atoms with van der Waals surface area (Å²) in [5, 5.41) is 11.8. The highest BCUT2D eigenvalue weighted by atomic mass is 16.4. The van der Waals surface area contributed by atoms with Crippen LogP contribution in [0, 0.1) is 12.8 Å². The van der Waals surface area contributed by atoms with E-state index in [9.17, 15) is 14.7 Å². The number of benzene rings is 1. The molecule has 0 aliphatic rings. The van der Waals surface area contributed by atoms with Crippen LogP contribution in [0.25, 0.3) is 11.0 Å². The highest BCUT2D eigenvalue weighted by Crippen LogP contribution is 2.15. The van der Waals surface area contributed by atoms with Crippen LogP contribution in [0.2, 0.25) is 0 Å². The fourth-order valence-corrected chi connectivity index (χ4v) is 2.47. The van der Waals surface area contributed by atoms with Crippen LogP contribution in [-0.2, 0) is 16.1 Å². The van der Waals surface area contributed by atoms with E-state index in [0.29, 0.717) is 6.42 Å². The average Bonchev–Trinajstić information content (AvgIpc) is 2.74. The number of rotatable bonds is 6. The summed E-state index contributed by atoms with van der Waals surface area (Å²) in [5.74, 6) is -0.405. The minimum Gasteiger partial charge on any atom is -0.480 e. The van der Waals surface area contributed by atoms with Crippen LogP contribution in [0.3, 0.4) is 0 Å². The normalized spacial score (nSPS) is 12.5. The number of nitrogens with one attached hydrogen (secondary N) is 1. The van der Waals surface area contributed by atoms with Gasteiger partial charge in [-0.15, -0.1) is 0 Å². The number of aryl methyl sites for hydroxylation is 1. The number of nitrogens with zero attached hydrogens (tertiary/aromatic N) is 2. The number of carboxylic acids is 1. The Morgan fingerprint density at radius 3 is 2.64 bits per heavy atom. The van der Waals surface area contributed by atoms with Gasteiger partial charge in [-0.25, -0.2) is 9.78 Å². The average molecular weight is 303 g/mol. The molecule has 118 valence electrons. The first-order valence-corrected chi connectivity index (χ1v) is 7.32. The maximum absolute atomic E-state index is 12.2. The number of amides is 1. The molecule has 0 aliphatic carbocycles. The molecule has 0 fully saturated rings. The first kappa shape index (κ1) is 16.0. The van der Waals surface area contributed by atoms with Gasteiger partial charge in [0.2, 0.25) is 5.91 Å². The molecule has 0 unspecified atom stereocenters. The van der Waals surface area contributed by atoms with Gasteiger partial charge in [0, 0.05) is 0 Å². The lowest BCUT2D eigenvalue weighted by molar-refractivity contribution is -0.142. The fourth-order valence-electron chi connectivity index (χ4n) is 2.47. The molecule has 22 heavy (non-hydrogen) atoms. The van der Waals surface area contributed by atoms with Gasteiger partial charge >= 0.3 is 5.97 Å². The molecule has 1 aromatic heterocycles. The summed E-state index contributed by atoms with van der Waals surface area (Å²) in [5.41, 5.74) is 1.69. The van der Waals surface area contributed by atoms with E-state index in [-0.39, 0.29) is 18.4 Å². The van der Waals surface area contributed by atoms with Crippen LogP contribution in [0.15, 0.2) is 24.3 Å². The van der Waals surface area contributed by atoms with Gasteiger partial charge in [-0.1, -0.05) is 26.0 Å². The Morgan fingerprint density at radius 2 is 2.00 bits per heavy atom. The molecule has 1 heterocycles. The maximum atomic E-state index is 12.2. The van der Waals surface area contributed by atoms with E-state index in [1.165, 1.54) is 0 Å². The van der Waals surface area contributed by atoms with Crippen LogP contribution in [0.5, 0.6) is 0 Å². The molecule has 0 saturated carbocycles. The van der Waals surface area contributed by atoms with E-state index in [4.69, 9.17) is 0 Å². The van der Waals surface area contributed by atoms with Crippen molar-refractivity contribution >= 4 is 22.9 Å². The van der Waals surface area contributed by atoms with E-state index >= 15 is 0 Å². The SMILES string of the molecule is Cc1nc2ccccc2n1CC(=O)N[C@H](CC(C)C)C(=O)O. The second-order valence-corrected chi connectivity index (χ2v) is 5.82. The third-order valence-electron chi connectivity index (χ3n) is 3.49. The van der Waals surface area contributed by atoms with Gasteiger partial charge in [0.15, 0.2) is 0 Å². The van der Waals surface area contributed by atoms with Crippen molar-refractivity contribution in [2.75, 3.05) is 0 Å². The molecular formula is C16H21N3O3. The molecule has 6 nitrogen and oxygen atoms in total. The van der Waals surface area contributed by atoms with E-state index in [1.807, 2.05) is 45.0 Å². The Balaban J connectivity index is 2.13. The van der Waals surface area contributed by atoms with Gasteiger partial charge in [-0.3, -0.25) is 4.79 Å². The summed E-state index contributed by atoms with van der Waals surface area (Å²) in [7, 11) is 0. The zero-order valence-corrected chi connectivity index (χ0v) is 13.0. The zero-order valence-electron chi connectivity index (χ0n) is 13.0. The monoisotopic (exact) mass is 303 g/mol. The summed E-state index contributed by atoms with van der Waals surface area (Å²) < 4.78 is 1.79. The van der Waals surface area contributed by atoms with Crippen molar-refractivity contribution in [1.29, 1.82) is 0 Å². The Morgan fingerprint density at radius 1 is 1.32 bits per heavy atom. The van der Waals surface area contributed by atoms with Crippen molar-refractivity contribution in [3.05, 3.63) is 30.1 Å². The number of para-hydroxylation sites is 2. The van der Waals surface area contributed by atoms with Gasteiger partial charge in [-0.05, 0) is 31.4 Å². The largest absolute Gasteiger partial charge is 0.480 e. The summed E-state index contributed by atoms with van der Waals surface area (Å²) >= 11 is 0. The second-order valence-electron chi connectivity index (χ2n) is 5.82. The second kappa shape index (κ2) is 6.60. The molecule has 0 radical (unpaired) electrons.